The summed E-state index contributed by atoms with van der Waals surface area (Å²) in [6.07, 6.45) is 1.39. The van der Waals surface area contributed by atoms with Gasteiger partial charge < -0.3 is 14.4 Å². The minimum Gasteiger partial charge on any atom is -0.470 e. The van der Waals surface area contributed by atoms with Crippen LogP contribution in [0.2, 0.25) is 0 Å². The number of nitrogens with zero attached hydrogens (tertiary/aromatic N) is 2. The number of hydrogen-bond donors (Lipinski definition) is 0. The lowest BCUT2D eigenvalue weighted by Gasteiger charge is -2.39. The fraction of sp³-hybridized carbons (Fsp3) is 0.571. The highest BCUT2D eigenvalue weighted by Crippen LogP contribution is 2.23. The molecule has 1 saturated heterocycles. The Hall–Kier alpha value is -1.30. The summed E-state index contributed by atoms with van der Waals surface area (Å²) in [4.78, 5) is 17.6. The van der Waals surface area contributed by atoms with Gasteiger partial charge in [0.15, 0.2) is 0 Å². The second-order valence-corrected chi connectivity index (χ2v) is 6.82. The van der Waals surface area contributed by atoms with Crippen LogP contribution in [-0.4, -0.2) is 40.8 Å². The number of aryl methyl sites for hydroxylation is 1. The zero-order chi connectivity index (χ0) is 14.9. The second-order valence-electron chi connectivity index (χ2n) is 5.90. The standard InChI is InChI=1S/C14H19BrN2O3/c1-9-5-10(15)6-16-12(9)19-11-7-17(8-11)13(18)20-14(2,3)4/h5-6,11H,7-8H2,1-4H3. The predicted octanol–water partition coefficient (Wildman–Crippen LogP) is 3.15. The van der Waals surface area contributed by atoms with Crippen molar-refractivity contribution in [2.24, 2.45) is 0 Å². The molecule has 0 aromatic carbocycles. The van der Waals surface area contributed by atoms with Crippen molar-refractivity contribution in [3.8, 4) is 5.88 Å². The lowest BCUT2D eigenvalue weighted by Crippen LogP contribution is -2.57. The van der Waals surface area contributed by atoms with E-state index in [1.165, 1.54) is 0 Å². The van der Waals surface area contributed by atoms with Gasteiger partial charge in [0.2, 0.25) is 5.88 Å². The van der Waals surface area contributed by atoms with E-state index in [0.29, 0.717) is 19.0 Å². The molecule has 5 nitrogen and oxygen atoms in total. The van der Waals surface area contributed by atoms with Crippen LogP contribution in [0.15, 0.2) is 16.7 Å². The highest BCUT2D eigenvalue weighted by atomic mass is 79.9. The monoisotopic (exact) mass is 342 g/mol. The average Bonchev–Trinajstić information content (AvgIpc) is 2.22. The molecule has 0 aliphatic carbocycles. The number of pyridine rings is 1. The molecule has 2 heterocycles. The van der Waals surface area contributed by atoms with E-state index in [1.54, 1.807) is 11.1 Å². The lowest BCUT2D eigenvalue weighted by atomic mass is 10.1. The molecular weight excluding hydrogens is 324 g/mol. The van der Waals surface area contributed by atoms with Crippen LogP contribution in [0, 0.1) is 6.92 Å². The van der Waals surface area contributed by atoms with Crippen LogP contribution in [0.25, 0.3) is 0 Å². The van der Waals surface area contributed by atoms with Crippen molar-refractivity contribution in [2.75, 3.05) is 13.1 Å². The molecule has 0 saturated carbocycles. The topological polar surface area (TPSA) is 51.7 Å². The molecule has 0 spiro atoms. The predicted molar refractivity (Wildman–Crippen MR) is 78.9 cm³/mol. The van der Waals surface area contributed by atoms with Gasteiger partial charge in [-0.3, -0.25) is 0 Å². The molecule has 1 aliphatic rings. The van der Waals surface area contributed by atoms with Crippen LogP contribution >= 0.6 is 15.9 Å². The van der Waals surface area contributed by atoms with Gasteiger partial charge in [0.1, 0.15) is 11.7 Å². The number of halogens is 1. The molecule has 1 aromatic heterocycles. The highest BCUT2D eigenvalue weighted by Gasteiger charge is 2.35. The third-order valence-electron chi connectivity index (χ3n) is 2.77. The van der Waals surface area contributed by atoms with E-state index in [0.717, 1.165) is 10.0 Å². The van der Waals surface area contributed by atoms with Crippen LogP contribution < -0.4 is 4.74 Å². The summed E-state index contributed by atoms with van der Waals surface area (Å²) in [5.74, 6) is 0.613. The molecule has 0 N–H and O–H groups in total. The molecule has 1 aromatic rings. The van der Waals surface area contributed by atoms with Crippen LogP contribution in [0.4, 0.5) is 4.79 Å². The van der Waals surface area contributed by atoms with E-state index in [1.807, 2.05) is 33.8 Å². The Labute approximate surface area is 127 Å². The molecule has 2 rings (SSSR count). The van der Waals surface area contributed by atoms with Crippen LogP contribution in [-0.2, 0) is 4.74 Å². The van der Waals surface area contributed by atoms with Gasteiger partial charge in [-0.15, -0.1) is 0 Å². The molecule has 1 aliphatic heterocycles. The van der Waals surface area contributed by atoms with Gasteiger partial charge in [0.05, 0.1) is 13.1 Å². The summed E-state index contributed by atoms with van der Waals surface area (Å²) in [6, 6.07) is 1.95. The minimum atomic E-state index is -0.465. The van der Waals surface area contributed by atoms with E-state index in [4.69, 9.17) is 9.47 Å². The number of ether oxygens (including phenoxy) is 2. The first-order valence-electron chi connectivity index (χ1n) is 6.51. The zero-order valence-corrected chi connectivity index (χ0v) is 13.7. The molecule has 110 valence electrons. The van der Waals surface area contributed by atoms with E-state index in [9.17, 15) is 4.79 Å². The first kappa shape index (κ1) is 15.1. The van der Waals surface area contributed by atoms with Gasteiger partial charge in [0, 0.05) is 16.2 Å². The van der Waals surface area contributed by atoms with Crippen LogP contribution in [0.1, 0.15) is 26.3 Å². The first-order valence-corrected chi connectivity index (χ1v) is 7.30. The Kier molecular flexibility index (Phi) is 4.22. The summed E-state index contributed by atoms with van der Waals surface area (Å²) >= 11 is 3.36. The highest BCUT2D eigenvalue weighted by molar-refractivity contribution is 9.10. The van der Waals surface area contributed by atoms with Gasteiger partial charge in [-0.2, -0.15) is 0 Å². The Morgan fingerprint density at radius 2 is 2.10 bits per heavy atom. The van der Waals surface area contributed by atoms with Crippen molar-refractivity contribution in [1.82, 2.24) is 9.88 Å². The molecule has 1 fully saturated rings. The van der Waals surface area contributed by atoms with Gasteiger partial charge in [0.25, 0.3) is 0 Å². The van der Waals surface area contributed by atoms with Gasteiger partial charge >= 0.3 is 6.09 Å². The number of rotatable bonds is 2. The third kappa shape index (κ3) is 3.85. The maximum atomic E-state index is 11.8. The molecule has 0 radical (unpaired) electrons. The number of hydrogen-bond acceptors (Lipinski definition) is 4. The van der Waals surface area contributed by atoms with E-state index in [2.05, 4.69) is 20.9 Å². The molecular formula is C14H19BrN2O3. The van der Waals surface area contributed by atoms with Crippen molar-refractivity contribution < 1.29 is 14.3 Å². The Bertz CT molecular complexity index is 508. The number of likely N-dealkylation sites (tertiary alicyclic amines) is 1. The van der Waals surface area contributed by atoms with Crippen LogP contribution in [0.3, 0.4) is 0 Å². The fourth-order valence-corrected chi connectivity index (χ4v) is 2.24. The number of carbonyl (C=O) groups is 1. The zero-order valence-electron chi connectivity index (χ0n) is 12.1. The first-order chi connectivity index (χ1) is 9.24. The number of amides is 1. The maximum Gasteiger partial charge on any atom is 0.410 e. The molecule has 1 amide bonds. The Morgan fingerprint density at radius 3 is 2.65 bits per heavy atom. The summed E-state index contributed by atoms with van der Waals surface area (Å²) in [5.41, 5.74) is 0.502. The number of aromatic nitrogens is 1. The molecule has 0 unspecified atom stereocenters. The third-order valence-corrected chi connectivity index (χ3v) is 3.21. The van der Waals surface area contributed by atoms with Gasteiger partial charge in [-0.05, 0) is 49.7 Å². The Morgan fingerprint density at radius 1 is 1.45 bits per heavy atom. The molecule has 20 heavy (non-hydrogen) atoms. The van der Waals surface area contributed by atoms with Crippen molar-refractivity contribution in [1.29, 1.82) is 0 Å². The fourth-order valence-electron chi connectivity index (χ4n) is 1.80. The van der Waals surface area contributed by atoms with E-state index < -0.39 is 5.60 Å². The lowest BCUT2D eigenvalue weighted by molar-refractivity contribution is -0.0233. The van der Waals surface area contributed by atoms with Crippen molar-refractivity contribution in [2.45, 2.75) is 39.4 Å². The van der Waals surface area contributed by atoms with Crippen molar-refractivity contribution >= 4 is 22.0 Å². The Balaban J connectivity index is 1.83. The number of carbonyl (C=O) groups excluding carboxylic acids is 1. The van der Waals surface area contributed by atoms with Crippen LogP contribution in [0.5, 0.6) is 5.88 Å². The summed E-state index contributed by atoms with van der Waals surface area (Å²) < 4.78 is 12.0. The smallest absolute Gasteiger partial charge is 0.410 e. The second kappa shape index (κ2) is 5.60. The molecule has 0 bridgehead atoms. The van der Waals surface area contributed by atoms with Crippen molar-refractivity contribution in [3.05, 3.63) is 22.3 Å². The largest absolute Gasteiger partial charge is 0.470 e. The maximum absolute atomic E-state index is 11.8. The minimum absolute atomic E-state index is 0.0186. The SMILES string of the molecule is Cc1cc(Br)cnc1OC1CN(C(=O)OC(C)(C)C)C1. The van der Waals surface area contributed by atoms with Crippen molar-refractivity contribution in [3.63, 3.8) is 0 Å². The quantitative estimate of drug-likeness (QED) is 0.828. The summed E-state index contributed by atoms with van der Waals surface area (Å²) in [5, 5.41) is 0. The van der Waals surface area contributed by atoms with Gasteiger partial charge in [-0.25, -0.2) is 9.78 Å². The normalized spacial score (nSPS) is 15.8. The summed E-state index contributed by atoms with van der Waals surface area (Å²) in [6.45, 7) is 8.57. The summed E-state index contributed by atoms with van der Waals surface area (Å²) in [7, 11) is 0. The van der Waals surface area contributed by atoms with E-state index in [-0.39, 0.29) is 12.2 Å². The van der Waals surface area contributed by atoms with E-state index >= 15 is 0 Å². The molecule has 6 heteroatoms. The van der Waals surface area contributed by atoms with Gasteiger partial charge in [-0.1, -0.05) is 0 Å². The molecule has 0 atom stereocenters. The average molecular weight is 343 g/mol.